The molecule has 0 aliphatic rings. The lowest BCUT2D eigenvalue weighted by atomic mass is 10.1. The molecule has 0 spiro atoms. The van der Waals surface area contributed by atoms with E-state index in [9.17, 15) is 4.39 Å². The van der Waals surface area contributed by atoms with Gasteiger partial charge in [-0.15, -0.1) is 0 Å². The van der Waals surface area contributed by atoms with Gasteiger partial charge in [0.1, 0.15) is 12.4 Å². The van der Waals surface area contributed by atoms with Gasteiger partial charge in [-0.05, 0) is 38.8 Å². The lowest BCUT2D eigenvalue weighted by Gasteiger charge is -2.17. The number of nitrogens with one attached hydrogen (secondary N) is 1. The Morgan fingerprint density at radius 3 is 2.82 bits per heavy atom. The van der Waals surface area contributed by atoms with Crippen molar-refractivity contribution < 1.29 is 13.7 Å². The minimum Gasteiger partial charge on any atom is -0.372 e. The first-order valence-electron chi connectivity index (χ1n) is 7.49. The number of hydrogen-bond acceptors (Lipinski definition) is 5. The molecule has 22 heavy (non-hydrogen) atoms. The van der Waals surface area contributed by atoms with E-state index < -0.39 is 0 Å². The van der Waals surface area contributed by atoms with E-state index in [-0.39, 0.29) is 17.9 Å². The van der Waals surface area contributed by atoms with Gasteiger partial charge in [-0.2, -0.15) is 4.98 Å². The predicted octanol–water partition coefficient (Wildman–Crippen LogP) is 3.03. The summed E-state index contributed by atoms with van der Waals surface area (Å²) in [6.45, 7) is 6.79. The summed E-state index contributed by atoms with van der Waals surface area (Å²) in [6.07, 6.45) is 0.598. The van der Waals surface area contributed by atoms with E-state index in [1.54, 1.807) is 12.1 Å². The van der Waals surface area contributed by atoms with Gasteiger partial charge in [0.15, 0.2) is 5.82 Å². The van der Waals surface area contributed by atoms with Gasteiger partial charge < -0.3 is 14.6 Å². The molecule has 0 amide bonds. The maximum absolute atomic E-state index is 13.7. The van der Waals surface area contributed by atoms with Gasteiger partial charge in [0, 0.05) is 12.6 Å². The highest BCUT2D eigenvalue weighted by atomic mass is 19.1. The molecule has 0 radical (unpaired) electrons. The fourth-order valence-corrected chi connectivity index (χ4v) is 2.25. The molecule has 0 aliphatic heterocycles. The summed E-state index contributed by atoms with van der Waals surface area (Å²) in [7, 11) is 0. The monoisotopic (exact) mass is 307 g/mol. The zero-order chi connectivity index (χ0) is 15.9. The predicted molar refractivity (Wildman–Crippen MR) is 80.7 cm³/mol. The number of ether oxygens (including phenoxy) is 1. The first kappa shape index (κ1) is 16.6. The Balaban J connectivity index is 1.89. The summed E-state index contributed by atoms with van der Waals surface area (Å²) < 4.78 is 24.0. The smallest absolute Gasteiger partial charge is 0.252 e. The Labute approximate surface area is 129 Å². The van der Waals surface area contributed by atoms with E-state index in [1.807, 2.05) is 26.8 Å². The van der Waals surface area contributed by atoms with E-state index in [2.05, 4.69) is 15.5 Å². The Kier molecular flexibility index (Phi) is 6.03. The maximum atomic E-state index is 13.7. The second-order valence-electron chi connectivity index (χ2n) is 5.27. The summed E-state index contributed by atoms with van der Waals surface area (Å²) in [5.74, 6) is 0.865. The Hall–Kier alpha value is -1.79. The van der Waals surface area contributed by atoms with Crippen molar-refractivity contribution in [3.63, 3.8) is 0 Å². The highest BCUT2D eigenvalue weighted by Crippen LogP contribution is 2.13. The largest absolute Gasteiger partial charge is 0.372 e. The molecule has 2 aromatic rings. The molecule has 2 unspecified atom stereocenters. The first-order valence-corrected chi connectivity index (χ1v) is 7.49. The highest BCUT2D eigenvalue weighted by molar-refractivity contribution is 5.18. The molecule has 5 nitrogen and oxygen atoms in total. The van der Waals surface area contributed by atoms with E-state index in [1.165, 1.54) is 6.07 Å². The maximum Gasteiger partial charge on any atom is 0.252 e. The van der Waals surface area contributed by atoms with E-state index in [0.29, 0.717) is 36.9 Å². The molecule has 1 aromatic heterocycles. The summed E-state index contributed by atoms with van der Waals surface area (Å²) >= 11 is 0. The third-order valence-electron chi connectivity index (χ3n) is 3.32. The fourth-order valence-electron chi connectivity index (χ4n) is 2.25. The first-order chi connectivity index (χ1) is 10.6. The van der Waals surface area contributed by atoms with Crippen LogP contribution in [0.1, 0.15) is 44.1 Å². The number of hydrogen-bond donors (Lipinski definition) is 1. The lowest BCUT2D eigenvalue weighted by Crippen LogP contribution is -2.31. The van der Waals surface area contributed by atoms with Crippen molar-refractivity contribution in [1.29, 1.82) is 0 Å². The summed E-state index contributed by atoms with van der Waals surface area (Å²) in [4.78, 5) is 4.29. The molecule has 0 saturated heterocycles. The summed E-state index contributed by atoms with van der Waals surface area (Å²) in [5.41, 5.74) is 0.694. The fraction of sp³-hybridized carbons (Fsp3) is 0.500. The Morgan fingerprint density at radius 1 is 1.32 bits per heavy atom. The van der Waals surface area contributed by atoms with Crippen molar-refractivity contribution in [2.24, 2.45) is 0 Å². The minimum atomic E-state index is -0.178. The molecule has 120 valence electrons. The van der Waals surface area contributed by atoms with Crippen LogP contribution in [0, 0.1) is 5.82 Å². The second-order valence-corrected chi connectivity index (χ2v) is 5.27. The highest BCUT2D eigenvalue weighted by Gasteiger charge is 2.16. The van der Waals surface area contributed by atoms with Gasteiger partial charge in [0.2, 0.25) is 0 Å². The molecule has 6 heteroatoms. The minimum absolute atomic E-state index is 0.0825. The third kappa shape index (κ3) is 4.61. The number of benzene rings is 1. The van der Waals surface area contributed by atoms with Crippen molar-refractivity contribution in [3.05, 3.63) is 47.4 Å². The van der Waals surface area contributed by atoms with Crippen LogP contribution in [0.4, 0.5) is 4.39 Å². The SMILES string of the molecule is CCOCc1nc(C(C)NC(C)Cc2ccccc2F)no1. The second kappa shape index (κ2) is 8.00. The van der Waals surface area contributed by atoms with Gasteiger partial charge in [-0.25, -0.2) is 4.39 Å². The standard InChI is InChI=1S/C16H22FN3O2/c1-4-21-10-15-19-16(20-22-15)12(3)18-11(2)9-13-7-5-6-8-14(13)17/h5-8,11-12,18H,4,9-10H2,1-3H3. The van der Waals surface area contributed by atoms with Crippen molar-refractivity contribution in [3.8, 4) is 0 Å². The van der Waals surface area contributed by atoms with Crippen molar-refractivity contribution >= 4 is 0 Å². The molecule has 0 fully saturated rings. The summed E-state index contributed by atoms with van der Waals surface area (Å²) in [5, 5.41) is 7.29. The Bertz CT molecular complexity index is 588. The topological polar surface area (TPSA) is 60.2 Å². The van der Waals surface area contributed by atoms with E-state index in [0.717, 1.165) is 0 Å². The van der Waals surface area contributed by atoms with Crippen LogP contribution in [-0.4, -0.2) is 22.8 Å². The number of halogens is 1. The van der Waals surface area contributed by atoms with Gasteiger partial charge in [-0.1, -0.05) is 23.4 Å². The van der Waals surface area contributed by atoms with Crippen molar-refractivity contribution in [1.82, 2.24) is 15.5 Å². The number of nitrogens with zero attached hydrogens (tertiary/aromatic N) is 2. The summed E-state index contributed by atoms with van der Waals surface area (Å²) in [6, 6.07) is 6.81. The normalized spacial score (nSPS) is 14.0. The Morgan fingerprint density at radius 2 is 2.09 bits per heavy atom. The lowest BCUT2D eigenvalue weighted by molar-refractivity contribution is 0.109. The van der Waals surface area contributed by atoms with Crippen LogP contribution in [0.3, 0.4) is 0 Å². The van der Waals surface area contributed by atoms with Crippen LogP contribution >= 0.6 is 0 Å². The molecule has 2 rings (SSSR count). The number of rotatable bonds is 8. The van der Waals surface area contributed by atoms with Crippen LogP contribution in [0.25, 0.3) is 0 Å². The molecule has 2 atom stereocenters. The average Bonchev–Trinajstić information content (AvgIpc) is 2.96. The van der Waals surface area contributed by atoms with Gasteiger partial charge in [-0.3, -0.25) is 0 Å². The zero-order valence-electron chi connectivity index (χ0n) is 13.2. The zero-order valence-corrected chi connectivity index (χ0v) is 13.2. The van der Waals surface area contributed by atoms with Gasteiger partial charge in [0.25, 0.3) is 5.89 Å². The van der Waals surface area contributed by atoms with Crippen molar-refractivity contribution in [2.45, 2.75) is 45.9 Å². The molecular formula is C16H22FN3O2. The molecular weight excluding hydrogens is 285 g/mol. The van der Waals surface area contributed by atoms with E-state index >= 15 is 0 Å². The van der Waals surface area contributed by atoms with Crippen molar-refractivity contribution in [2.75, 3.05) is 6.61 Å². The molecule has 1 heterocycles. The molecule has 0 saturated carbocycles. The molecule has 1 aromatic carbocycles. The molecule has 0 bridgehead atoms. The molecule has 0 aliphatic carbocycles. The van der Waals surface area contributed by atoms with E-state index in [4.69, 9.17) is 9.26 Å². The van der Waals surface area contributed by atoms with Crippen LogP contribution in [-0.2, 0) is 17.8 Å². The van der Waals surface area contributed by atoms with Gasteiger partial charge >= 0.3 is 0 Å². The van der Waals surface area contributed by atoms with Crippen LogP contribution in [0.15, 0.2) is 28.8 Å². The average molecular weight is 307 g/mol. The van der Waals surface area contributed by atoms with Gasteiger partial charge in [0.05, 0.1) is 6.04 Å². The number of aromatic nitrogens is 2. The van der Waals surface area contributed by atoms with Crippen LogP contribution < -0.4 is 5.32 Å². The van der Waals surface area contributed by atoms with Crippen LogP contribution in [0.5, 0.6) is 0 Å². The third-order valence-corrected chi connectivity index (χ3v) is 3.32. The quantitative estimate of drug-likeness (QED) is 0.812. The van der Waals surface area contributed by atoms with Crippen LogP contribution in [0.2, 0.25) is 0 Å². The molecule has 1 N–H and O–H groups in total.